The number of aryl methyl sites for hydroxylation is 1. The molecule has 0 unspecified atom stereocenters. The first-order valence-electron chi connectivity index (χ1n) is 12.8. The van der Waals surface area contributed by atoms with E-state index in [0.717, 1.165) is 48.1 Å². The number of nitrogens with zero attached hydrogens (tertiary/aromatic N) is 3. The molecule has 2 atom stereocenters. The Morgan fingerprint density at radius 1 is 1.10 bits per heavy atom. The van der Waals surface area contributed by atoms with Gasteiger partial charge in [-0.2, -0.15) is 0 Å². The highest BCUT2D eigenvalue weighted by atomic mass is 19.1. The molecule has 3 aromatic rings. The number of amides is 1. The summed E-state index contributed by atoms with van der Waals surface area (Å²) < 4.78 is 39.0. The highest BCUT2D eigenvalue weighted by molar-refractivity contribution is 5.76. The number of halogens is 2. The lowest BCUT2D eigenvalue weighted by molar-refractivity contribution is -0.136. The summed E-state index contributed by atoms with van der Waals surface area (Å²) in [4.78, 5) is 32.7. The molecule has 5 rings (SSSR count). The summed E-state index contributed by atoms with van der Waals surface area (Å²) in [6, 6.07) is 12.0. The molecule has 204 valence electrons. The largest absolute Gasteiger partial charge is 0.496 e. The van der Waals surface area contributed by atoms with Crippen LogP contribution < -0.4 is 9.64 Å². The molecule has 1 amide bonds. The smallest absolute Gasteiger partial charge is 0.411 e. The van der Waals surface area contributed by atoms with E-state index >= 15 is 0 Å². The number of methoxy groups -OCH3 is 1. The van der Waals surface area contributed by atoms with Crippen molar-refractivity contribution < 1.29 is 33.0 Å². The van der Waals surface area contributed by atoms with Crippen molar-refractivity contribution in [2.24, 2.45) is 0 Å². The van der Waals surface area contributed by atoms with Gasteiger partial charge in [-0.1, -0.05) is 6.07 Å². The van der Waals surface area contributed by atoms with Crippen LogP contribution in [0.1, 0.15) is 42.7 Å². The number of hydrogen-bond acceptors (Lipinski definition) is 6. The zero-order valence-corrected chi connectivity index (χ0v) is 21.7. The van der Waals surface area contributed by atoms with E-state index in [1.165, 1.54) is 17.0 Å². The predicted octanol–water partition coefficient (Wildman–Crippen LogP) is 5.34. The molecule has 0 spiro atoms. The summed E-state index contributed by atoms with van der Waals surface area (Å²) in [6.45, 7) is 3.63. The Labute approximate surface area is 224 Å². The maximum Gasteiger partial charge on any atom is 0.411 e. The van der Waals surface area contributed by atoms with E-state index in [9.17, 15) is 18.4 Å². The monoisotopic (exact) mass is 537 g/mol. The van der Waals surface area contributed by atoms with E-state index in [-0.39, 0.29) is 18.5 Å². The number of carboxylic acid groups (broad SMARTS) is 1. The van der Waals surface area contributed by atoms with Crippen molar-refractivity contribution in [3.8, 4) is 16.9 Å². The van der Waals surface area contributed by atoms with Crippen LogP contribution in [-0.2, 0) is 22.5 Å². The number of ether oxygens (including phenoxy) is 2. The normalized spacial score (nSPS) is 18.6. The van der Waals surface area contributed by atoms with Crippen LogP contribution in [0.4, 0.5) is 19.4 Å². The molecule has 2 saturated heterocycles. The quantitative estimate of drug-likeness (QED) is 0.394. The molecule has 2 aliphatic heterocycles. The van der Waals surface area contributed by atoms with Crippen molar-refractivity contribution in [1.82, 2.24) is 9.88 Å². The topological polar surface area (TPSA) is 92.2 Å². The number of benzene rings is 2. The lowest BCUT2D eigenvalue weighted by Crippen LogP contribution is -2.38. The van der Waals surface area contributed by atoms with Gasteiger partial charge in [0.05, 0.1) is 25.4 Å². The van der Waals surface area contributed by atoms with Crippen LogP contribution in [0.25, 0.3) is 11.1 Å². The van der Waals surface area contributed by atoms with E-state index < -0.39 is 35.8 Å². The maximum absolute atomic E-state index is 13.9. The van der Waals surface area contributed by atoms with Gasteiger partial charge in [0.25, 0.3) is 0 Å². The van der Waals surface area contributed by atoms with E-state index in [0.29, 0.717) is 17.9 Å². The third-order valence-corrected chi connectivity index (χ3v) is 7.25. The fraction of sp³-hybridized carbons (Fsp3) is 0.345. The SMILES string of the molecule is COc1ccc(CCC(=O)O)cc1-c1ccc(N2CCC2)nc1CN1C(=O)O[C@H](c2cc(F)cc(F)c2)[C@@H]1C. The van der Waals surface area contributed by atoms with Crippen LogP contribution >= 0.6 is 0 Å². The molecule has 1 N–H and O–H groups in total. The first-order valence-corrected chi connectivity index (χ1v) is 12.8. The number of aliphatic carboxylic acids is 1. The Bertz CT molecular complexity index is 1390. The molecule has 2 aliphatic rings. The second kappa shape index (κ2) is 10.9. The molecule has 3 heterocycles. The van der Waals surface area contributed by atoms with Crippen molar-refractivity contribution >= 4 is 17.9 Å². The second-order valence-corrected chi connectivity index (χ2v) is 9.81. The van der Waals surface area contributed by atoms with Gasteiger partial charge in [-0.05, 0) is 61.7 Å². The van der Waals surface area contributed by atoms with Gasteiger partial charge in [0.2, 0.25) is 0 Å². The van der Waals surface area contributed by atoms with Crippen molar-refractivity contribution in [3.63, 3.8) is 0 Å². The van der Waals surface area contributed by atoms with Crippen molar-refractivity contribution in [3.05, 3.63) is 77.0 Å². The standard InChI is InChI=1S/C29H29F2N3O5/c1-17-28(19-13-20(30)15-21(31)14-19)39-29(37)34(17)16-24-22(6-8-26(32-24)33-10-3-11-33)23-12-18(5-9-27(35)36)4-7-25(23)38-2/h4,6-8,12-15,17,28H,3,5,9-11,16H2,1-2H3,(H,35,36)/t17-,28-/m0/s1. The molecule has 2 aromatic carbocycles. The molecule has 0 aliphatic carbocycles. The number of rotatable bonds is 9. The maximum atomic E-state index is 13.9. The highest BCUT2D eigenvalue weighted by Gasteiger charge is 2.40. The number of carbonyl (C=O) groups is 2. The van der Waals surface area contributed by atoms with Gasteiger partial charge in [-0.3, -0.25) is 9.69 Å². The number of cyclic esters (lactones) is 1. The molecule has 0 saturated carbocycles. The number of aromatic nitrogens is 1. The first kappa shape index (κ1) is 26.4. The van der Waals surface area contributed by atoms with E-state index in [1.807, 2.05) is 24.3 Å². The fourth-order valence-corrected chi connectivity index (χ4v) is 5.01. The summed E-state index contributed by atoms with van der Waals surface area (Å²) in [7, 11) is 1.56. The van der Waals surface area contributed by atoms with Crippen LogP contribution in [0.2, 0.25) is 0 Å². The van der Waals surface area contributed by atoms with Gasteiger partial charge >= 0.3 is 12.1 Å². The lowest BCUT2D eigenvalue weighted by Gasteiger charge is -2.33. The Morgan fingerprint density at radius 3 is 2.49 bits per heavy atom. The van der Waals surface area contributed by atoms with Crippen LogP contribution in [0.3, 0.4) is 0 Å². The number of anilines is 1. The van der Waals surface area contributed by atoms with Gasteiger partial charge in [0, 0.05) is 42.3 Å². The van der Waals surface area contributed by atoms with Gasteiger partial charge < -0.3 is 19.5 Å². The Morgan fingerprint density at radius 2 is 1.85 bits per heavy atom. The number of carboxylic acids is 1. The third kappa shape index (κ3) is 5.50. The van der Waals surface area contributed by atoms with E-state index in [4.69, 9.17) is 19.6 Å². The van der Waals surface area contributed by atoms with Gasteiger partial charge in [0.1, 0.15) is 29.3 Å². The van der Waals surface area contributed by atoms with Crippen LogP contribution in [0.5, 0.6) is 5.75 Å². The molecule has 39 heavy (non-hydrogen) atoms. The number of pyridine rings is 1. The molecular weight excluding hydrogens is 508 g/mol. The Hall–Kier alpha value is -4.21. The average molecular weight is 538 g/mol. The summed E-state index contributed by atoms with van der Waals surface area (Å²) in [5.41, 5.74) is 3.12. The van der Waals surface area contributed by atoms with Crippen LogP contribution in [0, 0.1) is 11.6 Å². The van der Waals surface area contributed by atoms with Gasteiger partial charge in [0.15, 0.2) is 0 Å². The fourth-order valence-electron chi connectivity index (χ4n) is 5.01. The molecule has 1 aromatic heterocycles. The zero-order chi connectivity index (χ0) is 27.7. The molecular formula is C29H29F2N3O5. The summed E-state index contributed by atoms with van der Waals surface area (Å²) >= 11 is 0. The van der Waals surface area contributed by atoms with E-state index in [1.54, 1.807) is 20.1 Å². The van der Waals surface area contributed by atoms with E-state index in [2.05, 4.69) is 4.90 Å². The third-order valence-electron chi connectivity index (χ3n) is 7.25. The minimum Gasteiger partial charge on any atom is -0.496 e. The van der Waals surface area contributed by atoms with Crippen LogP contribution in [-0.4, -0.2) is 53.3 Å². The minimum absolute atomic E-state index is 0.00995. The van der Waals surface area contributed by atoms with Crippen LogP contribution in [0.15, 0.2) is 48.5 Å². The zero-order valence-electron chi connectivity index (χ0n) is 21.7. The molecule has 8 nitrogen and oxygen atoms in total. The average Bonchev–Trinajstić information content (AvgIpc) is 3.14. The Kier molecular flexibility index (Phi) is 7.36. The van der Waals surface area contributed by atoms with Crippen molar-refractivity contribution in [2.45, 2.75) is 44.9 Å². The predicted molar refractivity (Wildman–Crippen MR) is 140 cm³/mol. The van der Waals surface area contributed by atoms with Gasteiger partial charge in [-0.15, -0.1) is 0 Å². The minimum atomic E-state index is -0.886. The molecule has 10 heteroatoms. The van der Waals surface area contributed by atoms with Crippen molar-refractivity contribution in [1.29, 1.82) is 0 Å². The summed E-state index contributed by atoms with van der Waals surface area (Å²) in [6.07, 6.45) is -0.0497. The first-order chi connectivity index (χ1) is 18.7. The highest BCUT2D eigenvalue weighted by Crippen LogP contribution is 2.38. The Balaban J connectivity index is 1.51. The van der Waals surface area contributed by atoms with Gasteiger partial charge in [-0.25, -0.2) is 18.6 Å². The molecule has 0 radical (unpaired) electrons. The second-order valence-electron chi connectivity index (χ2n) is 9.81. The number of hydrogen-bond donors (Lipinski definition) is 1. The molecule has 2 fully saturated rings. The molecule has 0 bridgehead atoms. The summed E-state index contributed by atoms with van der Waals surface area (Å²) in [5, 5.41) is 9.13. The van der Waals surface area contributed by atoms with Crippen molar-refractivity contribution in [2.75, 3.05) is 25.1 Å². The summed E-state index contributed by atoms with van der Waals surface area (Å²) in [5.74, 6) is -1.01. The number of carbonyl (C=O) groups excluding carboxylic acids is 1. The lowest BCUT2D eigenvalue weighted by atomic mass is 9.97.